The van der Waals surface area contributed by atoms with E-state index in [4.69, 9.17) is 5.11 Å². The number of carboxylic acid groups (broad SMARTS) is 1. The van der Waals surface area contributed by atoms with Gasteiger partial charge in [-0.3, -0.25) is 9.59 Å². The second-order valence-electron chi connectivity index (χ2n) is 8.53. The van der Waals surface area contributed by atoms with Gasteiger partial charge in [0.05, 0.1) is 12.5 Å². The molecule has 0 aliphatic heterocycles. The topological polar surface area (TPSA) is 69.6 Å². The van der Waals surface area contributed by atoms with Crippen LogP contribution < -0.4 is 5.32 Å². The molecule has 5 heteroatoms. The first kappa shape index (κ1) is 25.2. The van der Waals surface area contributed by atoms with Crippen LogP contribution in [0.25, 0.3) is 0 Å². The van der Waals surface area contributed by atoms with Crippen molar-refractivity contribution in [1.82, 2.24) is 10.2 Å². The van der Waals surface area contributed by atoms with E-state index in [0.29, 0.717) is 13.0 Å². The molecule has 1 aromatic rings. The third kappa shape index (κ3) is 12.3. The van der Waals surface area contributed by atoms with Crippen molar-refractivity contribution in [3.8, 4) is 0 Å². The molecule has 0 radical (unpaired) electrons. The van der Waals surface area contributed by atoms with Crippen molar-refractivity contribution in [3.63, 3.8) is 0 Å². The Morgan fingerprint density at radius 2 is 1.62 bits per heavy atom. The number of aliphatic carboxylic acids is 1. The largest absolute Gasteiger partial charge is 0.481 e. The number of aryl methyl sites for hydroxylation is 3. The standard InChI is InChI=1S/C24H40N2O3/c1-19-14-15-20(2)21(16-19)12-10-8-6-5-7-9-11-13-23(27)25-22(17-24(28)29)18-26(3)4/h14-16,22H,5-13,17-18H2,1-4H3,(H,25,27)(H,28,29)/t22-/m1/s1. The zero-order valence-electron chi connectivity index (χ0n) is 18.8. The van der Waals surface area contributed by atoms with Gasteiger partial charge in [0.2, 0.25) is 5.91 Å². The smallest absolute Gasteiger partial charge is 0.305 e. The molecular weight excluding hydrogens is 364 g/mol. The lowest BCUT2D eigenvalue weighted by Gasteiger charge is -2.20. The van der Waals surface area contributed by atoms with Crippen LogP contribution in [-0.4, -0.2) is 48.6 Å². The molecule has 0 bridgehead atoms. The molecule has 0 fully saturated rings. The summed E-state index contributed by atoms with van der Waals surface area (Å²) >= 11 is 0. The molecular formula is C24H40N2O3. The van der Waals surface area contributed by atoms with Crippen LogP contribution in [0.15, 0.2) is 18.2 Å². The molecule has 1 rings (SSSR count). The minimum absolute atomic E-state index is 0.0355. The molecule has 0 aliphatic rings. The van der Waals surface area contributed by atoms with Crippen molar-refractivity contribution in [2.24, 2.45) is 0 Å². The number of carboxylic acids is 1. The maximum Gasteiger partial charge on any atom is 0.305 e. The Hall–Kier alpha value is -1.88. The number of carbonyl (C=O) groups is 2. The lowest BCUT2D eigenvalue weighted by atomic mass is 9.99. The predicted molar refractivity (Wildman–Crippen MR) is 119 cm³/mol. The summed E-state index contributed by atoms with van der Waals surface area (Å²) in [5.41, 5.74) is 4.21. The van der Waals surface area contributed by atoms with Gasteiger partial charge in [-0.15, -0.1) is 0 Å². The second-order valence-corrected chi connectivity index (χ2v) is 8.53. The highest BCUT2D eigenvalue weighted by molar-refractivity contribution is 5.77. The number of nitrogens with one attached hydrogen (secondary N) is 1. The molecule has 0 spiro atoms. The summed E-state index contributed by atoms with van der Waals surface area (Å²) in [6.45, 7) is 4.88. The molecule has 0 heterocycles. The van der Waals surface area contributed by atoms with Crippen LogP contribution in [0.5, 0.6) is 0 Å². The zero-order chi connectivity index (χ0) is 21.6. The summed E-state index contributed by atoms with van der Waals surface area (Å²) in [6, 6.07) is 6.37. The minimum Gasteiger partial charge on any atom is -0.481 e. The number of unbranched alkanes of at least 4 members (excludes halogenated alkanes) is 6. The van der Waals surface area contributed by atoms with E-state index >= 15 is 0 Å². The van der Waals surface area contributed by atoms with Gasteiger partial charge in [0, 0.05) is 13.0 Å². The normalized spacial score (nSPS) is 12.2. The van der Waals surface area contributed by atoms with E-state index in [0.717, 1.165) is 25.7 Å². The summed E-state index contributed by atoms with van der Waals surface area (Å²) in [5, 5.41) is 11.8. The van der Waals surface area contributed by atoms with Crippen molar-refractivity contribution in [1.29, 1.82) is 0 Å². The Morgan fingerprint density at radius 1 is 1.00 bits per heavy atom. The van der Waals surface area contributed by atoms with Gasteiger partial charge in [-0.1, -0.05) is 55.9 Å². The third-order valence-corrected chi connectivity index (χ3v) is 5.23. The van der Waals surface area contributed by atoms with Gasteiger partial charge in [0.15, 0.2) is 0 Å². The molecule has 1 aromatic carbocycles. The number of rotatable bonds is 15. The predicted octanol–water partition coefficient (Wildman–Crippen LogP) is 4.49. The number of hydrogen-bond donors (Lipinski definition) is 2. The first-order valence-electron chi connectivity index (χ1n) is 11.0. The van der Waals surface area contributed by atoms with Crippen LogP contribution in [0.3, 0.4) is 0 Å². The van der Waals surface area contributed by atoms with Crippen molar-refractivity contribution < 1.29 is 14.7 Å². The van der Waals surface area contributed by atoms with Crippen LogP contribution in [0.2, 0.25) is 0 Å². The third-order valence-electron chi connectivity index (χ3n) is 5.23. The van der Waals surface area contributed by atoms with Crippen LogP contribution in [0, 0.1) is 13.8 Å². The van der Waals surface area contributed by atoms with E-state index in [2.05, 4.69) is 37.4 Å². The molecule has 29 heavy (non-hydrogen) atoms. The average molecular weight is 405 g/mol. The first-order chi connectivity index (χ1) is 13.8. The minimum atomic E-state index is -0.880. The first-order valence-corrected chi connectivity index (χ1v) is 11.0. The molecule has 5 nitrogen and oxygen atoms in total. The Balaban J connectivity index is 2.07. The molecule has 1 atom stereocenters. The van der Waals surface area contributed by atoms with Gasteiger partial charge in [0.1, 0.15) is 0 Å². The van der Waals surface area contributed by atoms with E-state index < -0.39 is 5.97 Å². The fourth-order valence-corrected chi connectivity index (χ4v) is 3.67. The molecule has 2 N–H and O–H groups in total. The lowest BCUT2D eigenvalue weighted by molar-refractivity contribution is -0.137. The number of carbonyl (C=O) groups excluding carboxylic acids is 1. The highest BCUT2D eigenvalue weighted by Gasteiger charge is 2.16. The van der Waals surface area contributed by atoms with Crippen molar-refractivity contribution >= 4 is 11.9 Å². The van der Waals surface area contributed by atoms with E-state index in [-0.39, 0.29) is 18.4 Å². The van der Waals surface area contributed by atoms with Crippen LogP contribution in [0.1, 0.15) is 74.5 Å². The molecule has 0 unspecified atom stereocenters. The highest BCUT2D eigenvalue weighted by atomic mass is 16.4. The molecule has 0 aromatic heterocycles. The molecule has 1 amide bonds. The number of amides is 1. The maximum absolute atomic E-state index is 12.1. The molecule has 0 aliphatic carbocycles. The quantitative estimate of drug-likeness (QED) is 0.423. The Labute approximate surface area is 176 Å². The maximum atomic E-state index is 12.1. The SMILES string of the molecule is Cc1ccc(C)c(CCCCCCCCCC(=O)N[C@H](CC(=O)O)CN(C)C)c1. The Morgan fingerprint density at radius 3 is 2.24 bits per heavy atom. The monoisotopic (exact) mass is 404 g/mol. The number of likely N-dealkylation sites (N-methyl/N-ethyl adjacent to an activating group) is 1. The van der Waals surface area contributed by atoms with E-state index in [1.807, 2.05) is 19.0 Å². The number of nitrogens with zero attached hydrogens (tertiary/aromatic N) is 1. The van der Waals surface area contributed by atoms with E-state index in [1.165, 1.54) is 42.4 Å². The fourth-order valence-electron chi connectivity index (χ4n) is 3.67. The summed E-state index contributed by atoms with van der Waals surface area (Å²) in [7, 11) is 3.76. The van der Waals surface area contributed by atoms with Gasteiger partial charge in [-0.2, -0.15) is 0 Å². The van der Waals surface area contributed by atoms with Crippen molar-refractivity contribution in [2.75, 3.05) is 20.6 Å². The zero-order valence-corrected chi connectivity index (χ0v) is 18.8. The van der Waals surface area contributed by atoms with Crippen LogP contribution in [-0.2, 0) is 16.0 Å². The molecule has 0 saturated heterocycles. The Kier molecular flexibility index (Phi) is 12.3. The lowest BCUT2D eigenvalue weighted by Crippen LogP contribution is -2.42. The number of benzene rings is 1. The van der Waals surface area contributed by atoms with E-state index in [1.54, 1.807) is 0 Å². The number of hydrogen-bond acceptors (Lipinski definition) is 3. The van der Waals surface area contributed by atoms with Gasteiger partial charge in [-0.05, 0) is 58.3 Å². The highest BCUT2D eigenvalue weighted by Crippen LogP contribution is 2.15. The van der Waals surface area contributed by atoms with Gasteiger partial charge < -0.3 is 15.3 Å². The van der Waals surface area contributed by atoms with Crippen molar-refractivity contribution in [3.05, 3.63) is 34.9 Å². The summed E-state index contributed by atoms with van der Waals surface area (Å²) in [4.78, 5) is 24.9. The molecule has 164 valence electrons. The van der Waals surface area contributed by atoms with Crippen molar-refractivity contribution in [2.45, 2.75) is 84.1 Å². The Bertz CT molecular complexity index is 629. The van der Waals surface area contributed by atoms with Gasteiger partial charge >= 0.3 is 5.97 Å². The second kappa shape index (κ2) is 14.2. The van der Waals surface area contributed by atoms with Crippen LogP contribution >= 0.6 is 0 Å². The van der Waals surface area contributed by atoms with E-state index in [9.17, 15) is 9.59 Å². The molecule has 0 saturated carbocycles. The van der Waals surface area contributed by atoms with Gasteiger partial charge in [-0.25, -0.2) is 0 Å². The summed E-state index contributed by atoms with van der Waals surface area (Å²) in [6.07, 6.45) is 9.67. The average Bonchev–Trinajstić information content (AvgIpc) is 2.61. The summed E-state index contributed by atoms with van der Waals surface area (Å²) < 4.78 is 0. The van der Waals surface area contributed by atoms with Crippen LogP contribution in [0.4, 0.5) is 0 Å². The van der Waals surface area contributed by atoms with Gasteiger partial charge in [0.25, 0.3) is 0 Å². The fraction of sp³-hybridized carbons (Fsp3) is 0.667. The summed E-state index contributed by atoms with van der Waals surface area (Å²) in [5.74, 6) is -0.915.